The molecule has 0 atom stereocenters. The second-order valence-electron chi connectivity index (χ2n) is 11.4. The third-order valence-electron chi connectivity index (χ3n) is 8.01. The monoisotopic (exact) mass is 694 g/mol. The van der Waals surface area contributed by atoms with Crippen LogP contribution in [0.1, 0.15) is 19.8 Å². The van der Waals surface area contributed by atoms with Crippen molar-refractivity contribution in [2.24, 2.45) is 0 Å². The lowest BCUT2D eigenvalue weighted by Crippen LogP contribution is -2.52. The van der Waals surface area contributed by atoms with Crippen LogP contribution in [0.15, 0.2) is 47.1 Å². The molecule has 2 fully saturated rings. The normalized spacial score (nSPS) is 16.0. The molecule has 2 aliphatic heterocycles. The Morgan fingerprint density at radius 2 is 1.80 bits per heavy atom. The Morgan fingerprint density at radius 1 is 1.07 bits per heavy atom. The molecule has 2 aromatic carbocycles. The molecule has 2 saturated heterocycles. The zero-order valence-corrected chi connectivity index (χ0v) is 28.6. The molecule has 13 heteroatoms. The van der Waals surface area contributed by atoms with Gasteiger partial charge in [0.2, 0.25) is 5.95 Å². The first-order valence-corrected chi connectivity index (χ1v) is 18.4. The zero-order chi connectivity index (χ0) is 32.0. The van der Waals surface area contributed by atoms with E-state index in [4.69, 9.17) is 9.72 Å². The molecule has 238 valence electrons. The predicted molar refractivity (Wildman–Crippen MR) is 187 cm³/mol. The minimum Gasteiger partial charge on any atom is -0.494 e. The maximum Gasteiger partial charge on any atom is 0.300 e. The summed E-state index contributed by atoms with van der Waals surface area (Å²) < 4.78 is 19.4. The number of rotatable bonds is 9. The molecule has 4 N–H and O–H groups in total. The van der Waals surface area contributed by atoms with Gasteiger partial charge in [0, 0.05) is 62.9 Å². The average Bonchev–Trinajstić information content (AvgIpc) is 3.03. The average molecular weight is 696 g/mol. The summed E-state index contributed by atoms with van der Waals surface area (Å²) in [6, 6.07) is 11.8. The molecule has 45 heavy (non-hydrogen) atoms. The van der Waals surface area contributed by atoms with Crippen LogP contribution in [0.2, 0.25) is 0 Å². The molecule has 3 heterocycles. The molecule has 0 aliphatic carbocycles. The first-order chi connectivity index (χ1) is 21.7. The molecule has 5 rings (SSSR count). The molecule has 11 nitrogen and oxygen atoms in total. The van der Waals surface area contributed by atoms with Gasteiger partial charge in [0.25, 0.3) is 5.91 Å². The molecule has 0 spiro atoms. The SMILES string of the molecule is CC#CC(=O)Nc1cc(Nc2ncc(Br)c(Nc3ccccc3P(C)(C)=O)n2)c(OC)cc1N1CCC(N2CCNCC2)CC1. The maximum atomic E-state index is 12.9. The number of para-hydroxylation sites is 1. The number of ether oxygens (including phenoxy) is 1. The summed E-state index contributed by atoms with van der Waals surface area (Å²) in [5, 5.41) is 13.7. The highest BCUT2D eigenvalue weighted by atomic mass is 79.9. The van der Waals surface area contributed by atoms with Gasteiger partial charge in [-0.1, -0.05) is 18.1 Å². The van der Waals surface area contributed by atoms with Crippen LogP contribution in [0, 0.1) is 11.8 Å². The number of piperidine rings is 1. The summed E-state index contributed by atoms with van der Waals surface area (Å²) in [6.45, 7) is 11.1. The van der Waals surface area contributed by atoms with Crippen LogP contribution in [0.3, 0.4) is 0 Å². The first kappa shape index (κ1) is 32.8. The fourth-order valence-electron chi connectivity index (χ4n) is 5.80. The van der Waals surface area contributed by atoms with Gasteiger partial charge < -0.3 is 35.5 Å². The number of carbonyl (C=O) groups excluding carboxylic acids is 1. The van der Waals surface area contributed by atoms with Crippen molar-refractivity contribution >= 4 is 68.8 Å². The van der Waals surface area contributed by atoms with E-state index in [-0.39, 0.29) is 5.91 Å². The topological polar surface area (TPSA) is 124 Å². The number of aromatic nitrogens is 2. The minimum atomic E-state index is -2.54. The van der Waals surface area contributed by atoms with Crippen molar-refractivity contribution in [2.45, 2.75) is 25.8 Å². The summed E-state index contributed by atoms with van der Waals surface area (Å²) in [7, 11) is -0.929. The minimum absolute atomic E-state index is 0.308. The summed E-state index contributed by atoms with van der Waals surface area (Å²) >= 11 is 3.53. The summed E-state index contributed by atoms with van der Waals surface area (Å²) in [6.07, 6.45) is 3.73. The van der Waals surface area contributed by atoms with Gasteiger partial charge >= 0.3 is 0 Å². The van der Waals surface area contributed by atoms with Crippen LogP contribution in [0.25, 0.3) is 0 Å². The summed E-state index contributed by atoms with van der Waals surface area (Å²) in [4.78, 5) is 26.7. The van der Waals surface area contributed by atoms with Gasteiger partial charge in [-0.25, -0.2) is 4.98 Å². The Labute approximate surface area is 273 Å². The van der Waals surface area contributed by atoms with E-state index in [1.54, 1.807) is 33.6 Å². The molecule has 3 aromatic rings. The van der Waals surface area contributed by atoms with Crippen molar-refractivity contribution in [1.29, 1.82) is 0 Å². The fourth-order valence-corrected chi connectivity index (χ4v) is 7.24. The number of hydrogen-bond acceptors (Lipinski definition) is 10. The van der Waals surface area contributed by atoms with E-state index in [0.29, 0.717) is 45.1 Å². The Hall–Kier alpha value is -3.62. The molecule has 2 aliphatic rings. The second-order valence-corrected chi connectivity index (χ2v) is 15.4. The third-order valence-corrected chi connectivity index (χ3v) is 10.1. The number of nitrogens with one attached hydrogen (secondary N) is 4. The van der Waals surface area contributed by atoms with Crippen molar-refractivity contribution < 1.29 is 14.1 Å². The largest absolute Gasteiger partial charge is 0.494 e. The van der Waals surface area contributed by atoms with Crippen LogP contribution in [-0.4, -0.2) is 86.5 Å². The Morgan fingerprint density at radius 3 is 2.49 bits per heavy atom. The van der Waals surface area contributed by atoms with Gasteiger partial charge in [0.1, 0.15) is 18.7 Å². The van der Waals surface area contributed by atoms with Gasteiger partial charge in [-0.05, 0) is 73.1 Å². The fraction of sp³-hybridized carbons (Fsp3) is 0.406. The van der Waals surface area contributed by atoms with E-state index in [2.05, 4.69) is 63.8 Å². The van der Waals surface area contributed by atoms with Crippen molar-refractivity contribution in [3.63, 3.8) is 0 Å². The highest BCUT2D eigenvalue weighted by Crippen LogP contribution is 2.41. The lowest BCUT2D eigenvalue weighted by Gasteiger charge is -2.41. The van der Waals surface area contributed by atoms with Crippen LogP contribution in [-0.2, 0) is 9.36 Å². The number of hydrogen-bond donors (Lipinski definition) is 4. The van der Waals surface area contributed by atoms with E-state index >= 15 is 0 Å². The predicted octanol–water partition coefficient (Wildman–Crippen LogP) is 4.82. The Bertz CT molecular complexity index is 1640. The lowest BCUT2D eigenvalue weighted by molar-refractivity contribution is -0.111. The lowest BCUT2D eigenvalue weighted by atomic mass is 10.0. The standard InChI is InChI=1S/C32H40BrN8O3P/c1-5-8-30(42)36-25-19-26(28(44-2)20-27(25)41-15-11-22(12-16-41)40-17-13-34-14-18-40)38-32-35-21-23(33)31(39-32)37-24-9-6-7-10-29(24)45(3,4)43/h6-7,9-10,19-22,34H,11-18H2,1-4H3,(H,36,42)(H2,35,37,38,39). The number of nitrogens with zero attached hydrogens (tertiary/aromatic N) is 4. The third kappa shape index (κ3) is 8.16. The van der Waals surface area contributed by atoms with Crippen molar-refractivity contribution in [1.82, 2.24) is 20.2 Å². The molecular formula is C32H40BrN8O3P. The van der Waals surface area contributed by atoms with Crippen molar-refractivity contribution in [2.75, 3.05) is 80.6 Å². The molecule has 0 bridgehead atoms. The second kappa shape index (κ2) is 14.6. The number of amides is 1. The van der Waals surface area contributed by atoms with Gasteiger partial charge in [0.05, 0.1) is 34.3 Å². The van der Waals surface area contributed by atoms with E-state index < -0.39 is 7.14 Å². The molecular weight excluding hydrogens is 655 g/mol. The smallest absolute Gasteiger partial charge is 0.300 e. The van der Waals surface area contributed by atoms with E-state index in [1.165, 1.54) is 0 Å². The molecule has 1 amide bonds. The Balaban J connectivity index is 1.42. The van der Waals surface area contributed by atoms with Crippen LogP contribution in [0.5, 0.6) is 5.75 Å². The quantitative estimate of drug-likeness (QED) is 0.183. The molecule has 0 unspecified atom stereocenters. The zero-order valence-electron chi connectivity index (χ0n) is 26.1. The van der Waals surface area contributed by atoms with Gasteiger partial charge in [-0.3, -0.25) is 9.69 Å². The van der Waals surface area contributed by atoms with Crippen LogP contribution >= 0.6 is 23.1 Å². The van der Waals surface area contributed by atoms with Crippen molar-refractivity contribution in [3.8, 4) is 17.6 Å². The first-order valence-electron chi connectivity index (χ1n) is 15.0. The van der Waals surface area contributed by atoms with Gasteiger partial charge in [-0.15, -0.1) is 0 Å². The molecule has 1 aromatic heterocycles. The van der Waals surface area contributed by atoms with E-state index in [9.17, 15) is 9.36 Å². The Kier molecular flexibility index (Phi) is 10.7. The maximum absolute atomic E-state index is 12.9. The van der Waals surface area contributed by atoms with Crippen LogP contribution in [0.4, 0.5) is 34.5 Å². The summed E-state index contributed by atoms with van der Waals surface area (Å²) in [5.74, 6) is 6.26. The van der Waals surface area contributed by atoms with Crippen LogP contribution < -0.4 is 36.2 Å². The molecule has 0 saturated carbocycles. The number of halogens is 1. The number of piperazine rings is 1. The van der Waals surface area contributed by atoms with E-state index in [1.807, 2.05) is 36.4 Å². The number of benzene rings is 2. The molecule has 0 radical (unpaired) electrons. The highest BCUT2D eigenvalue weighted by Gasteiger charge is 2.28. The van der Waals surface area contributed by atoms with Gasteiger partial charge in [0.15, 0.2) is 0 Å². The van der Waals surface area contributed by atoms with Crippen molar-refractivity contribution in [3.05, 3.63) is 47.1 Å². The number of methoxy groups -OCH3 is 1. The summed E-state index contributed by atoms with van der Waals surface area (Å²) in [5.41, 5.74) is 2.79. The number of carbonyl (C=O) groups is 1. The van der Waals surface area contributed by atoms with E-state index in [0.717, 1.165) is 63.1 Å². The highest BCUT2D eigenvalue weighted by molar-refractivity contribution is 9.10. The van der Waals surface area contributed by atoms with Gasteiger partial charge in [-0.2, -0.15) is 4.98 Å². The number of anilines is 6.